The Morgan fingerprint density at radius 1 is 1.19 bits per heavy atom. The first-order valence-corrected chi connectivity index (χ1v) is 8.99. The zero-order valence-corrected chi connectivity index (χ0v) is 14.9. The van der Waals surface area contributed by atoms with Crippen molar-refractivity contribution in [1.29, 1.82) is 0 Å². The molecule has 1 aliphatic rings. The second-order valence-corrected chi connectivity index (χ2v) is 7.09. The van der Waals surface area contributed by atoms with Gasteiger partial charge in [0.25, 0.3) is 0 Å². The molecule has 0 radical (unpaired) electrons. The fourth-order valence-corrected chi connectivity index (χ4v) is 3.43. The van der Waals surface area contributed by atoms with E-state index in [2.05, 4.69) is 0 Å². The molecule has 0 saturated heterocycles. The molecule has 1 aromatic carbocycles. The van der Waals surface area contributed by atoms with Crippen molar-refractivity contribution in [3.05, 3.63) is 35.9 Å². The maximum Gasteiger partial charge on any atom is 0.384 e. The molecule has 0 amide bonds. The van der Waals surface area contributed by atoms with Gasteiger partial charge in [-0.25, -0.2) is 4.79 Å². The molecule has 2 rings (SSSR count). The number of carboxylic acid groups (broad SMARTS) is 1. The molecular weight excluding hydrogens is 360 g/mol. The SMILES string of the molecule is NC(O)(C(CC1CCCCC1)C(=O)OCc1ccccc1)C(F)(F)C(=O)O. The summed E-state index contributed by atoms with van der Waals surface area (Å²) in [5.41, 5.74) is 2.43. The largest absolute Gasteiger partial charge is 0.477 e. The molecule has 1 saturated carbocycles. The number of hydrogen-bond donors (Lipinski definition) is 3. The molecule has 1 aromatic rings. The number of carboxylic acids is 1. The van der Waals surface area contributed by atoms with Crippen LogP contribution in [0.5, 0.6) is 0 Å². The topological polar surface area (TPSA) is 110 Å². The number of nitrogens with two attached hydrogens (primary N) is 1. The molecule has 1 fully saturated rings. The Hall–Kier alpha value is -2.06. The number of aliphatic hydroxyl groups is 1. The lowest BCUT2D eigenvalue weighted by atomic mass is 9.77. The first-order valence-electron chi connectivity index (χ1n) is 8.99. The Bertz CT molecular complexity index is 645. The van der Waals surface area contributed by atoms with Crippen molar-refractivity contribution in [3.8, 4) is 0 Å². The van der Waals surface area contributed by atoms with Crippen LogP contribution in [0.15, 0.2) is 30.3 Å². The highest BCUT2D eigenvalue weighted by Gasteiger charge is 2.63. The smallest absolute Gasteiger partial charge is 0.384 e. The number of halogens is 2. The van der Waals surface area contributed by atoms with Crippen molar-refractivity contribution in [2.45, 2.75) is 56.8 Å². The van der Waals surface area contributed by atoms with Crippen LogP contribution in [0.25, 0.3) is 0 Å². The number of ether oxygens (including phenoxy) is 1. The Balaban J connectivity index is 2.19. The molecule has 150 valence electrons. The van der Waals surface area contributed by atoms with Gasteiger partial charge in [0.1, 0.15) is 12.5 Å². The van der Waals surface area contributed by atoms with Crippen LogP contribution in [0.2, 0.25) is 0 Å². The Morgan fingerprint density at radius 3 is 2.33 bits per heavy atom. The van der Waals surface area contributed by atoms with Gasteiger partial charge in [0.2, 0.25) is 5.72 Å². The van der Waals surface area contributed by atoms with Gasteiger partial charge in [-0.15, -0.1) is 0 Å². The minimum absolute atomic E-state index is 0.104. The van der Waals surface area contributed by atoms with E-state index in [1.54, 1.807) is 30.3 Å². The van der Waals surface area contributed by atoms with E-state index in [9.17, 15) is 23.5 Å². The summed E-state index contributed by atoms with van der Waals surface area (Å²) < 4.78 is 33.2. The van der Waals surface area contributed by atoms with Crippen LogP contribution in [-0.2, 0) is 20.9 Å². The van der Waals surface area contributed by atoms with E-state index in [4.69, 9.17) is 15.6 Å². The highest BCUT2D eigenvalue weighted by Crippen LogP contribution is 2.38. The van der Waals surface area contributed by atoms with Crippen LogP contribution in [-0.4, -0.2) is 33.8 Å². The maximum atomic E-state index is 14.1. The molecule has 0 bridgehead atoms. The highest BCUT2D eigenvalue weighted by atomic mass is 19.3. The number of esters is 1. The highest BCUT2D eigenvalue weighted by molar-refractivity contribution is 5.81. The van der Waals surface area contributed by atoms with Gasteiger partial charge in [0, 0.05) is 0 Å². The fraction of sp³-hybridized carbons (Fsp3) is 0.579. The number of carbonyl (C=O) groups is 2. The first-order chi connectivity index (χ1) is 12.7. The zero-order chi connectivity index (χ0) is 20.1. The van der Waals surface area contributed by atoms with Gasteiger partial charge < -0.3 is 14.9 Å². The monoisotopic (exact) mass is 385 g/mol. The van der Waals surface area contributed by atoms with Gasteiger partial charge in [-0.2, -0.15) is 8.78 Å². The number of rotatable bonds is 8. The van der Waals surface area contributed by atoms with Crippen LogP contribution in [0.3, 0.4) is 0 Å². The molecule has 1 aliphatic carbocycles. The van der Waals surface area contributed by atoms with Crippen LogP contribution in [0.1, 0.15) is 44.1 Å². The first kappa shape index (κ1) is 21.2. The molecule has 0 heterocycles. The van der Waals surface area contributed by atoms with Gasteiger partial charge in [-0.3, -0.25) is 10.5 Å². The average molecular weight is 385 g/mol. The maximum absolute atomic E-state index is 14.1. The van der Waals surface area contributed by atoms with Crippen LogP contribution < -0.4 is 5.73 Å². The second-order valence-electron chi connectivity index (χ2n) is 7.09. The van der Waals surface area contributed by atoms with Gasteiger partial charge in [-0.05, 0) is 17.9 Å². The van der Waals surface area contributed by atoms with Crippen molar-refractivity contribution in [1.82, 2.24) is 0 Å². The molecule has 0 aromatic heterocycles. The summed E-state index contributed by atoms with van der Waals surface area (Å²) in [6, 6.07) is 8.58. The standard InChI is InChI=1S/C19H25F2NO5/c20-18(21,17(24)25)19(22,26)15(11-13-7-3-1-4-8-13)16(23)27-12-14-9-5-2-6-10-14/h2,5-6,9-10,13,15,26H,1,3-4,7-8,11-12,22H2,(H,24,25). The Labute approximate surface area is 156 Å². The summed E-state index contributed by atoms with van der Waals surface area (Å²) >= 11 is 0. The Kier molecular flexibility index (Phi) is 6.89. The summed E-state index contributed by atoms with van der Waals surface area (Å²) in [4.78, 5) is 23.4. The molecule has 4 N–H and O–H groups in total. The molecule has 2 unspecified atom stereocenters. The van der Waals surface area contributed by atoms with Crippen molar-refractivity contribution < 1.29 is 33.3 Å². The molecule has 6 nitrogen and oxygen atoms in total. The Morgan fingerprint density at radius 2 is 1.78 bits per heavy atom. The lowest BCUT2D eigenvalue weighted by Crippen LogP contribution is -2.66. The zero-order valence-electron chi connectivity index (χ0n) is 14.9. The number of benzene rings is 1. The predicted octanol–water partition coefficient (Wildman–Crippen LogP) is 2.68. The number of alkyl halides is 2. The van der Waals surface area contributed by atoms with Crippen molar-refractivity contribution in [2.24, 2.45) is 17.6 Å². The van der Waals surface area contributed by atoms with Crippen LogP contribution in [0.4, 0.5) is 8.78 Å². The molecule has 8 heteroatoms. The lowest BCUT2D eigenvalue weighted by molar-refractivity contribution is -0.227. The minimum atomic E-state index is -4.70. The second kappa shape index (κ2) is 8.75. The normalized spacial score (nSPS) is 19.1. The van der Waals surface area contributed by atoms with E-state index in [1.807, 2.05) is 0 Å². The van der Waals surface area contributed by atoms with Gasteiger partial charge in [-0.1, -0.05) is 62.4 Å². The fourth-order valence-electron chi connectivity index (χ4n) is 3.43. The van der Waals surface area contributed by atoms with Gasteiger partial charge >= 0.3 is 17.9 Å². The number of carbonyl (C=O) groups excluding carboxylic acids is 1. The third-order valence-corrected chi connectivity index (χ3v) is 5.11. The van der Waals surface area contributed by atoms with E-state index in [0.717, 1.165) is 19.3 Å². The summed E-state index contributed by atoms with van der Waals surface area (Å²) in [5, 5.41) is 19.0. The third kappa shape index (κ3) is 5.01. The average Bonchev–Trinajstić information content (AvgIpc) is 2.65. The molecule has 0 spiro atoms. The predicted molar refractivity (Wildman–Crippen MR) is 92.6 cm³/mol. The van der Waals surface area contributed by atoms with E-state index < -0.39 is 29.5 Å². The summed E-state index contributed by atoms with van der Waals surface area (Å²) in [6.45, 7) is -0.185. The number of aliphatic carboxylic acids is 1. The summed E-state index contributed by atoms with van der Waals surface area (Å²) in [5.74, 6) is -10.4. The molecule has 2 atom stereocenters. The summed E-state index contributed by atoms with van der Waals surface area (Å²) in [6.07, 6.45) is 4.04. The lowest BCUT2D eigenvalue weighted by Gasteiger charge is -2.37. The third-order valence-electron chi connectivity index (χ3n) is 5.11. The van der Waals surface area contributed by atoms with Crippen LogP contribution in [0, 0.1) is 11.8 Å². The summed E-state index contributed by atoms with van der Waals surface area (Å²) in [7, 11) is 0. The molecule has 27 heavy (non-hydrogen) atoms. The minimum Gasteiger partial charge on any atom is -0.477 e. The van der Waals surface area contributed by atoms with Crippen molar-refractivity contribution in [3.63, 3.8) is 0 Å². The van der Waals surface area contributed by atoms with E-state index in [-0.39, 0.29) is 18.9 Å². The van der Waals surface area contributed by atoms with E-state index in [0.29, 0.717) is 18.4 Å². The van der Waals surface area contributed by atoms with Gasteiger partial charge in [0.05, 0.1) is 0 Å². The molecule has 0 aliphatic heterocycles. The molecular formula is C19H25F2NO5. The van der Waals surface area contributed by atoms with Gasteiger partial charge in [0.15, 0.2) is 0 Å². The van der Waals surface area contributed by atoms with Crippen molar-refractivity contribution >= 4 is 11.9 Å². The number of hydrogen-bond acceptors (Lipinski definition) is 5. The van der Waals surface area contributed by atoms with E-state index >= 15 is 0 Å². The quantitative estimate of drug-likeness (QED) is 0.469. The van der Waals surface area contributed by atoms with E-state index in [1.165, 1.54) is 0 Å². The van der Waals surface area contributed by atoms with Crippen molar-refractivity contribution in [2.75, 3.05) is 0 Å². The van der Waals surface area contributed by atoms with Crippen LogP contribution >= 0.6 is 0 Å².